The van der Waals surface area contributed by atoms with Crippen LogP contribution in [0.25, 0.3) is 0 Å². The molecule has 2 rings (SSSR count). The molecule has 0 radical (unpaired) electrons. The molecule has 0 aliphatic rings. The van der Waals surface area contributed by atoms with E-state index in [-0.39, 0.29) is 18.3 Å². The molecule has 148 valence electrons. The zero-order chi connectivity index (χ0) is 20.5. The molecule has 0 aromatic heterocycles. The minimum absolute atomic E-state index is 0.168. The Bertz CT molecular complexity index is 858. The van der Waals surface area contributed by atoms with E-state index >= 15 is 0 Å². The number of hydrogen-bond acceptors (Lipinski definition) is 5. The fourth-order valence-electron chi connectivity index (χ4n) is 2.12. The van der Waals surface area contributed by atoms with Gasteiger partial charge in [-0.15, -0.1) is 11.8 Å². The monoisotopic (exact) mass is 404 g/mol. The van der Waals surface area contributed by atoms with Crippen LogP contribution in [-0.2, 0) is 20.1 Å². The zero-order valence-corrected chi connectivity index (χ0v) is 16.4. The van der Waals surface area contributed by atoms with E-state index in [4.69, 9.17) is 4.74 Å². The van der Waals surface area contributed by atoms with E-state index in [0.717, 1.165) is 0 Å². The molecule has 0 aliphatic heterocycles. The number of nitrogens with one attached hydrogen (secondary N) is 1. The number of carbonyl (C=O) groups is 3. The third-order valence-corrected chi connectivity index (χ3v) is 4.84. The molecule has 0 unspecified atom stereocenters. The van der Waals surface area contributed by atoms with E-state index in [1.165, 1.54) is 22.7 Å². The Labute approximate surface area is 167 Å². The summed E-state index contributed by atoms with van der Waals surface area (Å²) in [5, 5.41) is 2.38. The van der Waals surface area contributed by atoms with Crippen molar-refractivity contribution in [3.05, 3.63) is 65.5 Å². The highest BCUT2D eigenvalue weighted by Gasteiger charge is 2.15. The largest absolute Gasteiger partial charge is 0.452 e. The Balaban J connectivity index is 1.92. The Hall–Kier alpha value is -2.87. The van der Waals surface area contributed by atoms with Gasteiger partial charge in [-0.25, -0.2) is 9.18 Å². The molecule has 0 atom stereocenters. The zero-order valence-electron chi connectivity index (χ0n) is 15.6. The molecule has 0 aliphatic carbocycles. The van der Waals surface area contributed by atoms with Crippen molar-refractivity contribution in [2.24, 2.45) is 0 Å². The molecule has 28 heavy (non-hydrogen) atoms. The summed E-state index contributed by atoms with van der Waals surface area (Å²) in [5.41, 5.74) is 0.821. The summed E-state index contributed by atoms with van der Waals surface area (Å²) in [6, 6.07) is 13.2. The average molecular weight is 404 g/mol. The van der Waals surface area contributed by atoms with Gasteiger partial charge in [0.05, 0.1) is 12.1 Å². The molecular weight excluding hydrogens is 383 g/mol. The standard InChI is InChI=1S/C20H21FN2O4S/c1-23(2)19(25)11-22-18(24)12-27-20(26)15-8-4-6-10-17(15)28-13-14-7-3-5-9-16(14)21/h3-10H,11-13H2,1-2H3,(H,22,24). The van der Waals surface area contributed by atoms with Crippen LogP contribution in [0.3, 0.4) is 0 Å². The maximum Gasteiger partial charge on any atom is 0.339 e. The summed E-state index contributed by atoms with van der Waals surface area (Å²) in [4.78, 5) is 37.5. The lowest BCUT2D eigenvalue weighted by Gasteiger charge is -2.12. The predicted molar refractivity (Wildman–Crippen MR) is 104 cm³/mol. The van der Waals surface area contributed by atoms with Crippen LogP contribution < -0.4 is 5.32 Å². The number of amides is 2. The first kappa shape index (κ1) is 21.4. The van der Waals surface area contributed by atoms with Gasteiger partial charge in [-0.05, 0) is 23.8 Å². The third kappa shape index (κ3) is 6.38. The van der Waals surface area contributed by atoms with Gasteiger partial charge in [-0.1, -0.05) is 30.3 Å². The van der Waals surface area contributed by atoms with Crippen LogP contribution in [0.2, 0.25) is 0 Å². The number of hydrogen-bond donors (Lipinski definition) is 1. The molecule has 2 amide bonds. The van der Waals surface area contributed by atoms with E-state index in [9.17, 15) is 18.8 Å². The number of ether oxygens (including phenoxy) is 1. The van der Waals surface area contributed by atoms with Gasteiger partial charge in [-0.2, -0.15) is 0 Å². The fourth-order valence-corrected chi connectivity index (χ4v) is 3.15. The van der Waals surface area contributed by atoms with Gasteiger partial charge in [0.25, 0.3) is 5.91 Å². The lowest BCUT2D eigenvalue weighted by molar-refractivity contribution is -0.131. The highest BCUT2D eigenvalue weighted by molar-refractivity contribution is 7.98. The number of carbonyl (C=O) groups excluding carboxylic acids is 3. The normalized spacial score (nSPS) is 10.2. The maximum atomic E-state index is 13.8. The van der Waals surface area contributed by atoms with Gasteiger partial charge in [-0.3, -0.25) is 9.59 Å². The van der Waals surface area contributed by atoms with Gasteiger partial charge in [0.15, 0.2) is 6.61 Å². The number of nitrogens with zero attached hydrogens (tertiary/aromatic N) is 1. The van der Waals surface area contributed by atoms with Crippen molar-refractivity contribution in [1.29, 1.82) is 0 Å². The Morgan fingerprint density at radius 1 is 1.07 bits per heavy atom. The highest BCUT2D eigenvalue weighted by Crippen LogP contribution is 2.27. The third-order valence-electron chi connectivity index (χ3n) is 3.72. The lowest BCUT2D eigenvalue weighted by Crippen LogP contribution is -2.38. The minimum Gasteiger partial charge on any atom is -0.452 e. The van der Waals surface area contributed by atoms with Gasteiger partial charge in [0.1, 0.15) is 5.82 Å². The molecule has 6 nitrogen and oxygen atoms in total. The van der Waals surface area contributed by atoms with Gasteiger partial charge < -0.3 is 15.0 Å². The molecular formula is C20H21FN2O4S. The van der Waals surface area contributed by atoms with Crippen LogP contribution in [0.5, 0.6) is 0 Å². The summed E-state index contributed by atoms with van der Waals surface area (Å²) in [6.07, 6.45) is 0. The first-order valence-corrected chi connectivity index (χ1v) is 9.46. The van der Waals surface area contributed by atoms with E-state index in [1.54, 1.807) is 56.6 Å². The van der Waals surface area contributed by atoms with Gasteiger partial charge in [0.2, 0.25) is 5.91 Å². The molecule has 2 aromatic rings. The van der Waals surface area contributed by atoms with E-state index < -0.39 is 18.5 Å². The van der Waals surface area contributed by atoms with Crippen LogP contribution in [0, 0.1) is 5.82 Å². The number of thioether (sulfide) groups is 1. The van der Waals surface area contributed by atoms with Crippen molar-refractivity contribution in [1.82, 2.24) is 10.2 Å². The highest BCUT2D eigenvalue weighted by atomic mass is 32.2. The SMILES string of the molecule is CN(C)C(=O)CNC(=O)COC(=O)c1ccccc1SCc1ccccc1F. The van der Waals surface area contributed by atoms with Crippen molar-refractivity contribution in [3.63, 3.8) is 0 Å². The maximum absolute atomic E-state index is 13.8. The summed E-state index contributed by atoms with van der Waals surface area (Å²) in [5.74, 6) is -1.45. The van der Waals surface area contributed by atoms with Crippen LogP contribution in [0.4, 0.5) is 4.39 Å². The number of esters is 1. The molecule has 2 aromatic carbocycles. The Morgan fingerprint density at radius 2 is 1.75 bits per heavy atom. The van der Waals surface area contributed by atoms with Crippen molar-refractivity contribution in [3.8, 4) is 0 Å². The van der Waals surface area contributed by atoms with E-state index in [1.807, 2.05) is 0 Å². The number of likely N-dealkylation sites (N-methyl/N-ethyl adjacent to an activating group) is 1. The second-order valence-electron chi connectivity index (χ2n) is 6.02. The molecule has 0 fully saturated rings. The van der Waals surface area contributed by atoms with Gasteiger partial charge >= 0.3 is 5.97 Å². The summed E-state index contributed by atoms with van der Waals surface area (Å²) < 4.78 is 18.8. The second kappa shape index (κ2) is 10.5. The number of benzene rings is 2. The van der Waals surface area contributed by atoms with Crippen molar-refractivity contribution < 1.29 is 23.5 Å². The first-order valence-electron chi connectivity index (χ1n) is 8.47. The van der Waals surface area contributed by atoms with Crippen molar-refractivity contribution in [2.45, 2.75) is 10.6 Å². The van der Waals surface area contributed by atoms with Crippen molar-refractivity contribution >= 4 is 29.5 Å². The smallest absolute Gasteiger partial charge is 0.339 e. The molecule has 0 spiro atoms. The second-order valence-corrected chi connectivity index (χ2v) is 7.03. The number of rotatable bonds is 8. The fraction of sp³-hybridized carbons (Fsp3) is 0.250. The molecule has 0 heterocycles. The molecule has 0 saturated carbocycles. The Morgan fingerprint density at radius 3 is 2.46 bits per heavy atom. The van der Waals surface area contributed by atoms with Gasteiger partial charge in [0, 0.05) is 24.7 Å². The van der Waals surface area contributed by atoms with E-state index in [2.05, 4.69) is 5.32 Å². The van der Waals surface area contributed by atoms with Crippen molar-refractivity contribution in [2.75, 3.05) is 27.2 Å². The van der Waals surface area contributed by atoms with Crippen LogP contribution >= 0.6 is 11.8 Å². The lowest BCUT2D eigenvalue weighted by atomic mass is 10.2. The Kier molecular flexibility index (Phi) is 8.01. The van der Waals surface area contributed by atoms with Crippen LogP contribution in [0.15, 0.2) is 53.4 Å². The molecule has 8 heteroatoms. The topological polar surface area (TPSA) is 75.7 Å². The molecule has 0 bridgehead atoms. The summed E-state index contributed by atoms with van der Waals surface area (Å²) in [7, 11) is 3.15. The minimum atomic E-state index is -0.661. The summed E-state index contributed by atoms with van der Waals surface area (Å²) in [6.45, 7) is -0.662. The first-order chi connectivity index (χ1) is 13.4. The number of halogens is 1. The molecule has 0 saturated heterocycles. The quantitative estimate of drug-likeness (QED) is 0.540. The summed E-state index contributed by atoms with van der Waals surface area (Å²) >= 11 is 1.30. The predicted octanol–water partition coefficient (Wildman–Crippen LogP) is 2.48. The van der Waals surface area contributed by atoms with Crippen LogP contribution in [-0.4, -0.2) is 49.9 Å². The molecule has 1 N–H and O–H groups in total. The van der Waals surface area contributed by atoms with Crippen LogP contribution in [0.1, 0.15) is 15.9 Å². The average Bonchev–Trinajstić information content (AvgIpc) is 2.69. The van der Waals surface area contributed by atoms with E-state index in [0.29, 0.717) is 21.8 Å².